The predicted molar refractivity (Wildman–Crippen MR) is 98.8 cm³/mol. The van der Waals surface area contributed by atoms with Crippen molar-refractivity contribution in [3.63, 3.8) is 0 Å². The van der Waals surface area contributed by atoms with Gasteiger partial charge in [-0.1, -0.05) is 25.0 Å². The molecule has 144 valence electrons. The van der Waals surface area contributed by atoms with Crippen molar-refractivity contribution in [2.45, 2.75) is 45.3 Å². The van der Waals surface area contributed by atoms with Gasteiger partial charge in [0, 0.05) is 5.56 Å². The zero-order valence-electron chi connectivity index (χ0n) is 15.3. The topological polar surface area (TPSA) is 108 Å². The minimum atomic E-state index is -3.19. The lowest BCUT2D eigenvalue weighted by molar-refractivity contribution is -0.120. The Balaban J connectivity index is 1.99. The Morgan fingerprint density at radius 2 is 1.77 bits per heavy atom. The lowest BCUT2D eigenvalue weighted by atomic mass is 10.1. The summed E-state index contributed by atoms with van der Waals surface area (Å²) in [4.78, 5) is 23.9. The first-order valence-corrected chi connectivity index (χ1v) is 10.7. The molecule has 0 aliphatic heterocycles. The standard InChI is InChI=1S/C18H27N2O5P/c1-3-24-26(23,25-4-2)12-14-7-9-15(10-8-14)18(22)20-16(17(19)21)11-13-5-6-13/h7-10,13,16H,3-6,11-12H2,1-2H3,(H2,19,21)(H,20,22)/t16-/m1/s1. The largest absolute Gasteiger partial charge is 0.368 e. The van der Waals surface area contributed by atoms with E-state index in [4.69, 9.17) is 14.8 Å². The minimum absolute atomic E-state index is 0.141. The highest BCUT2D eigenvalue weighted by molar-refractivity contribution is 7.53. The summed E-state index contributed by atoms with van der Waals surface area (Å²) in [5.74, 6) is -0.392. The van der Waals surface area contributed by atoms with E-state index >= 15 is 0 Å². The highest BCUT2D eigenvalue weighted by atomic mass is 31.2. The van der Waals surface area contributed by atoms with Gasteiger partial charge in [-0.3, -0.25) is 14.2 Å². The van der Waals surface area contributed by atoms with Gasteiger partial charge in [-0.25, -0.2) is 0 Å². The monoisotopic (exact) mass is 382 g/mol. The summed E-state index contributed by atoms with van der Waals surface area (Å²) in [7, 11) is -3.19. The average molecular weight is 382 g/mol. The molecule has 1 aromatic carbocycles. The van der Waals surface area contributed by atoms with Gasteiger partial charge >= 0.3 is 7.60 Å². The fourth-order valence-electron chi connectivity index (χ4n) is 2.68. The van der Waals surface area contributed by atoms with E-state index in [-0.39, 0.29) is 12.1 Å². The lowest BCUT2D eigenvalue weighted by Crippen LogP contribution is -2.44. The molecule has 0 spiro atoms. The van der Waals surface area contributed by atoms with E-state index in [9.17, 15) is 14.2 Å². The number of carbonyl (C=O) groups is 2. The van der Waals surface area contributed by atoms with E-state index < -0.39 is 19.5 Å². The summed E-state index contributed by atoms with van der Waals surface area (Å²) in [6.45, 7) is 4.12. The number of carbonyl (C=O) groups excluding carboxylic acids is 2. The molecule has 3 N–H and O–H groups in total. The van der Waals surface area contributed by atoms with Crippen LogP contribution in [0, 0.1) is 5.92 Å². The van der Waals surface area contributed by atoms with Gasteiger partial charge in [0.25, 0.3) is 5.91 Å². The molecular weight excluding hydrogens is 355 g/mol. The van der Waals surface area contributed by atoms with Crippen molar-refractivity contribution in [2.24, 2.45) is 11.7 Å². The second kappa shape index (κ2) is 9.31. The fourth-order valence-corrected chi connectivity index (χ4v) is 4.38. The molecule has 0 unspecified atom stereocenters. The predicted octanol–water partition coefficient (Wildman–Crippen LogP) is 2.84. The van der Waals surface area contributed by atoms with Gasteiger partial charge in [-0.05, 0) is 43.9 Å². The molecule has 0 aromatic heterocycles. The highest BCUT2D eigenvalue weighted by Crippen LogP contribution is 2.51. The molecule has 8 heteroatoms. The van der Waals surface area contributed by atoms with Crippen molar-refractivity contribution in [1.29, 1.82) is 0 Å². The number of hydrogen-bond acceptors (Lipinski definition) is 5. The maximum absolute atomic E-state index is 12.6. The third-order valence-corrected chi connectivity index (χ3v) is 6.21. The Morgan fingerprint density at radius 1 is 1.19 bits per heavy atom. The Hall–Kier alpha value is -1.69. The normalized spacial score (nSPS) is 15.5. The number of nitrogens with one attached hydrogen (secondary N) is 1. The molecule has 1 aliphatic rings. The number of nitrogens with two attached hydrogens (primary N) is 1. The number of amides is 2. The molecule has 2 rings (SSSR count). The second-order valence-corrected chi connectivity index (χ2v) is 8.46. The molecule has 1 fully saturated rings. The SMILES string of the molecule is CCOP(=O)(Cc1ccc(C(=O)N[C@H](CC2CC2)C(N)=O)cc1)OCC. The molecule has 26 heavy (non-hydrogen) atoms. The van der Waals surface area contributed by atoms with Crippen molar-refractivity contribution in [3.05, 3.63) is 35.4 Å². The van der Waals surface area contributed by atoms with E-state index in [1.54, 1.807) is 38.1 Å². The smallest absolute Gasteiger partial charge is 0.335 e. The van der Waals surface area contributed by atoms with E-state index in [1.165, 1.54) is 0 Å². The molecule has 7 nitrogen and oxygen atoms in total. The number of rotatable bonds is 11. The van der Waals surface area contributed by atoms with Gasteiger partial charge in [0.15, 0.2) is 0 Å². The molecule has 1 saturated carbocycles. The molecule has 2 amide bonds. The van der Waals surface area contributed by atoms with E-state index in [0.29, 0.717) is 31.1 Å². The molecule has 1 aliphatic carbocycles. The molecule has 0 bridgehead atoms. The first kappa shape index (κ1) is 20.6. The maximum atomic E-state index is 12.6. The Bertz CT molecular complexity index is 663. The third kappa shape index (κ3) is 6.24. The van der Waals surface area contributed by atoms with Crippen molar-refractivity contribution in [3.8, 4) is 0 Å². The van der Waals surface area contributed by atoms with Crippen LogP contribution >= 0.6 is 7.60 Å². The van der Waals surface area contributed by atoms with Crippen LogP contribution in [0.2, 0.25) is 0 Å². The summed E-state index contributed by atoms with van der Waals surface area (Å²) < 4.78 is 23.1. The van der Waals surface area contributed by atoms with Crippen LogP contribution in [0.15, 0.2) is 24.3 Å². The minimum Gasteiger partial charge on any atom is -0.368 e. The third-order valence-electron chi connectivity index (χ3n) is 4.16. The van der Waals surface area contributed by atoms with Crippen molar-refractivity contribution < 1.29 is 23.2 Å². The molecule has 1 aromatic rings. The summed E-state index contributed by atoms with van der Waals surface area (Å²) in [5.41, 5.74) is 6.54. The van der Waals surface area contributed by atoms with Crippen LogP contribution in [0.5, 0.6) is 0 Å². The molecule has 0 radical (unpaired) electrons. The Kier molecular flexibility index (Phi) is 7.38. The van der Waals surface area contributed by atoms with Crippen LogP contribution in [-0.2, 0) is 24.6 Å². The summed E-state index contributed by atoms with van der Waals surface area (Å²) in [5, 5.41) is 2.69. The maximum Gasteiger partial charge on any atom is 0.335 e. The molecule has 0 heterocycles. The van der Waals surface area contributed by atoms with Gasteiger partial charge in [-0.15, -0.1) is 0 Å². The Morgan fingerprint density at radius 3 is 2.23 bits per heavy atom. The number of hydrogen-bond donors (Lipinski definition) is 2. The van der Waals surface area contributed by atoms with E-state index in [2.05, 4.69) is 5.32 Å². The quantitative estimate of drug-likeness (QED) is 0.572. The fraction of sp³-hybridized carbons (Fsp3) is 0.556. The van der Waals surface area contributed by atoms with E-state index in [0.717, 1.165) is 18.4 Å². The Labute approximate surface area is 154 Å². The zero-order chi connectivity index (χ0) is 19.2. The van der Waals surface area contributed by atoms with Gasteiger partial charge in [-0.2, -0.15) is 0 Å². The van der Waals surface area contributed by atoms with Crippen LogP contribution in [0.3, 0.4) is 0 Å². The van der Waals surface area contributed by atoms with Crippen LogP contribution < -0.4 is 11.1 Å². The number of primary amides is 1. The van der Waals surface area contributed by atoms with Crippen molar-refractivity contribution in [2.75, 3.05) is 13.2 Å². The average Bonchev–Trinajstić information content (AvgIpc) is 3.39. The van der Waals surface area contributed by atoms with Gasteiger partial charge in [0.05, 0.1) is 19.4 Å². The summed E-state index contributed by atoms with van der Waals surface area (Å²) in [6, 6.07) is 6.02. The molecule has 1 atom stereocenters. The summed E-state index contributed by atoms with van der Waals surface area (Å²) in [6.07, 6.45) is 2.88. The summed E-state index contributed by atoms with van der Waals surface area (Å²) >= 11 is 0. The first-order chi connectivity index (χ1) is 12.4. The molecular formula is C18H27N2O5P. The van der Waals surface area contributed by atoms with Crippen LogP contribution in [-0.4, -0.2) is 31.1 Å². The van der Waals surface area contributed by atoms with Gasteiger partial charge < -0.3 is 20.1 Å². The number of benzene rings is 1. The van der Waals surface area contributed by atoms with Crippen LogP contribution in [0.1, 0.15) is 49.0 Å². The van der Waals surface area contributed by atoms with Crippen molar-refractivity contribution in [1.82, 2.24) is 5.32 Å². The van der Waals surface area contributed by atoms with Crippen LogP contribution in [0.4, 0.5) is 0 Å². The lowest BCUT2D eigenvalue weighted by Gasteiger charge is -2.17. The van der Waals surface area contributed by atoms with Crippen LogP contribution in [0.25, 0.3) is 0 Å². The highest BCUT2D eigenvalue weighted by Gasteiger charge is 2.29. The van der Waals surface area contributed by atoms with Gasteiger partial charge in [0.2, 0.25) is 5.91 Å². The van der Waals surface area contributed by atoms with Crippen molar-refractivity contribution >= 4 is 19.4 Å². The molecule has 0 saturated heterocycles. The first-order valence-electron chi connectivity index (χ1n) is 8.94. The zero-order valence-corrected chi connectivity index (χ0v) is 16.2. The second-order valence-electron chi connectivity index (χ2n) is 6.41. The van der Waals surface area contributed by atoms with E-state index in [1.807, 2.05) is 0 Å². The van der Waals surface area contributed by atoms with Gasteiger partial charge in [0.1, 0.15) is 6.04 Å².